The molecule has 0 aromatic carbocycles. The number of pyridine rings is 1. The Bertz CT molecular complexity index is 514. The second-order valence-corrected chi connectivity index (χ2v) is 7.15. The highest BCUT2D eigenvalue weighted by atomic mass is 32.2. The van der Waals surface area contributed by atoms with Crippen molar-refractivity contribution in [1.29, 1.82) is 0 Å². The zero-order valence-corrected chi connectivity index (χ0v) is 11.6. The Balaban J connectivity index is 2.54. The van der Waals surface area contributed by atoms with Crippen LogP contribution in [0.15, 0.2) is 23.2 Å². The topological polar surface area (TPSA) is 84.3 Å². The molecule has 1 heterocycles. The highest BCUT2D eigenvalue weighted by Gasteiger charge is 2.10. The summed E-state index contributed by atoms with van der Waals surface area (Å²) in [6.07, 6.45) is 2.03. The molecule has 1 aromatic heterocycles. The van der Waals surface area contributed by atoms with E-state index >= 15 is 0 Å². The van der Waals surface area contributed by atoms with E-state index in [0.717, 1.165) is 0 Å². The maximum Gasteiger partial charge on any atom is 0.354 e. The molecule has 7 heteroatoms. The molecule has 0 aliphatic rings. The molecule has 18 heavy (non-hydrogen) atoms. The summed E-state index contributed by atoms with van der Waals surface area (Å²) in [7, 11) is -2.98. The van der Waals surface area contributed by atoms with Gasteiger partial charge in [0, 0.05) is 22.6 Å². The lowest BCUT2D eigenvalue weighted by Gasteiger charge is -2.03. The monoisotopic (exact) mass is 289 g/mol. The molecule has 0 atom stereocenters. The van der Waals surface area contributed by atoms with Gasteiger partial charge in [0.15, 0.2) is 9.84 Å². The van der Waals surface area contributed by atoms with Gasteiger partial charge in [0.05, 0.1) is 5.75 Å². The molecule has 0 unspecified atom stereocenters. The number of aromatic carboxylic acids is 1. The third-order valence-corrected chi connectivity index (χ3v) is 5.24. The van der Waals surface area contributed by atoms with E-state index in [1.54, 1.807) is 6.07 Å². The minimum atomic E-state index is -2.98. The summed E-state index contributed by atoms with van der Waals surface area (Å²) in [5, 5.41) is 8.77. The standard InChI is InChI=1S/C11H15NO4S2/c1-2-6-18(15,16)7-5-17-9-3-4-12-10(8-9)11(13)14/h3-4,8H,2,5-7H2,1H3,(H,13,14). The summed E-state index contributed by atoms with van der Waals surface area (Å²) in [6, 6.07) is 3.11. The van der Waals surface area contributed by atoms with E-state index in [4.69, 9.17) is 5.11 Å². The van der Waals surface area contributed by atoms with Gasteiger partial charge in [-0.25, -0.2) is 18.2 Å². The Labute approximate surface area is 111 Å². The number of hydrogen-bond donors (Lipinski definition) is 1. The first-order valence-corrected chi connectivity index (χ1v) is 8.28. The van der Waals surface area contributed by atoms with Crippen molar-refractivity contribution in [3.05, 3.63) is 24.0 Å². The lowest BCUT2D eigenvalue weighted by molar-refractivity contribution is 0.0690. The highest BCUT2D eigenvalue weighted by molar-refractivity contribution is 8.00. The van der Waals surface area contributed by atoms with Crippen LogP contribution in [0, 0.1) is 0 Å². The molecule has 1 rings (SSSR count). The first kappa shape index (κ1) is 15.0. The molecule has 0 bridgehead atoms. The molecular formula is C11H15NO4S2. The third kappa shape index (κ3) is 5.05. The number of carboxylic acid groups (broad SMARTS) is 1. The molecule has 1 N–H and O–H groups in total. The SMILES string of the molecule is CCCS(=O)(=O)CCSc1ccnc(C(=O)O)c1. The fourth-order valence-electron chi connectivity index (χ4n) is 1.32. The Morgan fingerprint density at radius 1 is 1.44 bits per heavy atom. The molecular weight excluding hydrogens is 274 g/mol. The van der Waals surface area contributed by atoms with Crippen LogP contribution < -0.4 is 0 Å². The Kier molecular flexibility index (Phi) is 5.61. The predicted molar refractivity (Wildman–Crippen MR) is 70.9 cm³/mol. The second-order valence-electron chi connectivity index (χ2n) is 3.68. The fraction of sp³-hybridized carbons (Fsp3) is 0.455. The summed E-state index contributed by atoms with van der Waals surface area (Å²) in [4.78, 5) is 15.1. The van der Waals surface area contributed by atoms with E-state index in [0.29, 0.717) is 17.1 Å². The summed E-state index contributed by atoms with van der Waals surface area (Å²) < 4.78 is 23.0. The summed E-state index contributed by atoms with van der Waals surface area (Å²) >= 11 is 1.32. The van der Waals surface area contributed by atoms with Crippen LogP contribution >= 0.6 is 11.8 Å². The van der Waals surface area contributed by atoms with E-state index in [-0.39, 0.29) is 17.2 Å². The molecule has 0 saturated carbocycles. The van der Waals surface area contributed by atoms with E-state index in [9.17, 15) is 13.2 Å². The molecule has 0 spiro atoms. The molecule has 0 radical (unpaired) electrons. The minimum Gasteiger partial charge on any atom is -0.477 e. The van der Waals surface area contributed by atoms with E-state index in [1.807, 2.05) is 6.92 Å². The smallest absolute Gasteiger partial charge is 0.354 e. The Morgan fingerprint density at radius 3 is 2.78 bits per heavy atom. The van der Waals surface area contributed by atoms with E-state index < -0.39 is 15.8 Å². The summed E-state index contributed by atoms with van der Waals surface area (Å²) in [6.45, 7) is 1.83. The second kappa shape index (κ2) is 6.75. The van der Waals surface area contributed by atoms with Crippen LogP contribution in [0.2, 0.25) is 0 Å². The summed E-state index contributed by atoms with van der Waals surface area (Å²) in [5.74, 6) is -0.359. The zero-order chi connectivity index (χ0) is 13.6. The number of carboxylic acids is 1. The summed E-state index contributed by atoms with van der Waals surface area (Å²) in [5.41, 5.74) is -0.0311. The lowest BCUT2D eigenvalue weighted by Crippen LogP contribution is -2.12. The number of carbonyl (C=O) groups is 1. The van der Waals surface area contributed by atoms with Gasteiger partial charge in [-0.15, -0.1) is 11.8 Å². The maximum atomic E-state index is 11.5. The van der Waals surface area contributed by atoms with Crippen molar-refractivity contribution >= 4 is 27.6 Å². The van der Waals surface area contributed by atoms with Gasteiger partial charge >= 0.3 is 5.97 Å². The minimum absolute atomic E-state index is 0.0311. The molecule has 5 nitrogen and oxygen atoms in total. The van der Waals surface area contributed by atoms with Crippen LogP contribution in [0.5, 0.6) is 0 Å². The van der Waals surface area contributed by atoms with Crippen LogP contribution in [0.1, 0.15) is 23.8 Å². The normalized spacial score (nSPS) is 11.4. The van der Waals surface area contributed by atoms with Crippen molar-refractivity contribution in [2.24, 2.45) is 0 Å². The van der Waals surface area contributed by atoms with Gasteiger partial charge in [-0.3, -0.25) is 0 Å². The first-order valence-electron chi connectivity index (χ1n) is 5.47. The van der Waals surface area contributed by atoms with Gasteiger partial charge in [0.2, 0.25) is 0 Å². The fourth-order valence-corrected chi connectivity index (χ4v) is 4.08. The number of thioether (sulfide) groups is 1. The van der Waals surface area contributed by atoms with E-state index in [2.05, 4.69) is 4.98 Å². The largest absolute Gasteiger partial charge is 0.477 e. The number of hydrogen-bond acceptors (Lipinski definition) is 5. The van der Waals surface area contributed by atoms with Crippen LogP contribution in [0.3, 0.4) is 0 Å². The van der Waals surface area contributed by atoms with Crippen molar-refractivity contribution in [2.75, 3.05) is 17.3 Å². The van der Waals surface area contributed by atoms with Crippen LogP contribution in [-0.4, -0.2) is 41.7 Å². The van der Waals surface area contributed by atoms with Crippen LogP contribution in [0.4, 0.5) is 0 Å². The van der Waals surface area contributed by atoms with Crippen LogP contribution in [0.25, 0.3) is 0 Å². The number of rotatable bonds is 7. The van der Waals surface area contributed by atoms with Crippen molar-refractivity contribution in [3.8, 4) is 0 Å². The molecule has 0 aliphatic carbocycles. The lowest BCUT2D eigenvalue weighted by atomic mass is 10.4. The van der Waals surface area contributed by atoms with E-state index in [1.165, 1.54) is 24.0 Å². The molecule has 0 saturated heterocycles. The first-order chi connectivity index (χ1) is 8.44. The quantitative estimate of drug-likeness (QED) is 0.769. The van der Waals surface area contributed by atoms with Crippen molar-refractivity contribution in [1.82, 2.24) is 4.98 Å². The van der Waals surface area contributed by atoms with Gasteiger partial charge in [-0.2, -0.15) is 0 Å². The maximum absolute atomic E-state index is 11.5. The number of nitrogens with zero attached hydrogens (tertiary/aromatic N) is 1. The van der Waals surface area contributed by atoms with Gasteiger partial charge in [-0.1, -0.05) is 6.92 Å². The number of aromatic nitrogens is 1. The third-order valence-electron chi connectivity index (χ3n) is 2.13. The highest BCUT2D eigenvalue weighted by Crippen LogP contribution is 2.18. The molecule has 0 fully saturated rings. The van der Waals surface area contributed by atoms with Gasteiger partial charge < -0.3 is 5.11 Å². The predicted octanol–water partition coefficient (Wildman–Crippen LogP) is 1.70. The molecule has 100 valence electrons. The van der Waals surface area contributed by atoms with Crippen molar-refractivity contribution in [3.63, 3.8) is 0 Å². The van der Waals surface area contributed by atoms with Crippen molar-refractivity contribution < 1.29 is 18.3 Å². The van der Waals surface area contributed by atoms with Crippen molar-refractivity contribution in [2.45, 2.75) is 18.2 Å². The molecule has 0 aliphatic heterocycles. The average Bonchev–Trinajstić information content (AvgIpc) is 2.29. The van der Waals surface area contributed by atoms with Gasteiger partial charge in [0.25, 0.3) is 0 Å². The van der Waals surface area contributed by atoms with Gasteiger partial charge in [0.1, 0.15) is 5.69 Å². The molecule has 1 aromatic rings. The average molecular weight is 289 g/mol. The van der Waals surface area contributed by atoms with Gasteiger partial charge in [-0.05, 0) is 18.6 Å². The molecule has 0 amide bonds. The Hall–Kier alpha value is -1.08. The van der Waals surface area contributed by atoms with Crippen LogP contribution in [-0.2, 0) is 9.84 Å². The zero-order valence-electron chi connectivity index (χ0n) is 10.00. The Morgan fingerprint density at radius 2 is 2.17 bits per heavy atom. The number of sulfone groups is 1.